The third kappa shape index (κ3) is 4.06. The Balaban J connectivity index is 1.44. The molecule has 0 unspecified atom stereocenters. The lowest BCUT2D eigenvalue weighted by Crippen LogP contribution is -2.49. The van der Waals surface area contributed by atoms with Crippen molar-refractivity contribution >= 4 is 22.4 Å². The van der Waals surface area contributed by atoms with Crippen LogP contribution in [0.15, 0.2) is 29.8 Å². The highest BCUT2D eigenvalue weighted by Gasteiger charge is 2.22. The van der Waals surface area contributed by atoms with Crippen molar-refractivity contribution in [3.63, 3.8) is 0 Å². The summed E-state index contributed by atoms with van der Waals surface area (Å²) in [5.74, 6) is 1.04. The number of piperazine rings is 1. The van der Waals surface area contributed by atoms with E-state index in [1.165, 1.54) is 5.56 Å². The molecule has 1 fully saturated rings. The molecule has 1 amide bonds. The van der Waals surface area contributed by atoms with Gasteiger partial charge in [0.15, 0.2) is 5.13 Å². The molecule has 0 atom stereocenters. The minimum Gasteiger partial charge on any atom is -0.493 e. The Morgan fingerprint density at radius 1 is 1.25 bits per heavy atom. The van der Waals surface area contributed by atoms with E-state index >= 15 is 0 Å². The summed E-state index contributed by atoms with van der Waals surface area (Å²) in [7, 11) is 0. The van der Waals surface area contributed by atoms with Crippen LogP contribution in [0.2, 0.25) is 0 Å². The monoisotopic (exact) mass is 345 g/mol. The predicted molar refractivity (Wildman–Crippen MR) is 96.9 cm³/mol. The Hall–Kier alpha value is -2.08. The molecule has 1 aliphatic rings. The smallest absolute Gasteiger partial charge is 0.226 e. The Labute approximate surface area is 146 Å². The minimum absolute atomic E-state index is 0.166. The van der Waals surface area contributed by atoms with Crippen molar-refractivity contribution in [3.05, 3.63) is 40.9 Å². The van der Waals surface area contributed by atoms with Crippen molar-refractivity contribution in [2.75, 3.05) is 37.7 Å². The van der Waals surface area contributed by atoms with E-state index in [0.717, 1.165) is 42.6 Å². The van der Waals surface area contributed by atoms with Crippen molar-refractivity contribution in [2.45, 2.75) is 20.3 Å². The molecule has 128 valence electrons. The van der Waals surface area contributed by atoms with Gasteiger partial charge in [0.2, 0.25) is 5.91 Å². The molecule has 3 rings (SSSR count). The van der Waals surface area contributed by atoms with Gasteiger partial charge in [0.1, 0.15) is 5.75 Å². The number of thiazole rings is 1. The van der Waals surface area contributed by atoms with Crippen molar-refractivity contribution in [2.24, 2.45) is 0 Å². The summed E-state index contributed by atoms with van der Waals surface area (Å²) in [5.41, 5.74) is 2.27. The number of hydrogen-bond acceptors (Lipinski definition) is 5. The van der Waals surface area contributed by atoms with Gasteiger partial charge in [0.25, 0.3) is 0 Å². The van der Waals surface area contributed by atoms with E-state index in [1.54, 1.807) is 11.3 Å². The van der Waals surface area contributed by atoms with E-state index in [2.05, 4.69) is 16.0 Å². The van der Waals surface area contributed by atoms with Crippen molar-refractivity contribution in [1.82, 2.24) is 9.88 Å². The molecule has 2 aromatic rings. The van der Waals surface area contributed by atoms with Crippen LogP contribution in [0.4, 0.5) is 5.13 Å². The van der Waals surface area contributed by atoms with Crippen LogP contribution in [-0.4, -0.2) is 48.6 Å². The summed E-state index contributed by atoms with van der Waals surface area (Å²) in [6, 6.07) is 6.13. The topological polar surface area (TPSA) is 45.7 Å². The maximum atomic E-state index is 12.3. The van der Waals surface area contributed by atoms with Gasteiger partial charge in [0.05, 0.1) is 13.0 Å². The summed E-state index contributed by atoms with van der Waals surface area (Å²) in [6.07, 6.45) is 2.24. The lowest BCUT2D eigenvalue weighted by Gasteiger charge is -2.34. The molecule has 0 bridgehead atoms. The number of benzene rings is 1. The van der Waals surface area contributed by atoms with Crippen LogP contribution in [0.25, 0.3) is 0 Å². The van der Waals surface area contributed by atoms with Gasteiger partial charge < -0.3 is 14.5 Å². The maximum Gasteiger partial charge on any atom is 0.226 e. The van der Waals surface area contributed by atoms with Crippen molar-refractivity contribution < 1.29 is 9.53 Å². The highest BCUT2D eigenvalue weighted by molar-refractivity contribution is 7.13. The highest BCUT2D eigenvalue weighted by Crippen LogP contribution is 2.20. The maximum absolute atomic E-state index is 12.3. The molecule has 1 aliphatic heterocycles. The van der Waals surface area contributed by atoms with E-state index in [1.807, 2.05) is 42.5 Å². The van der Waals surface area contributed by atoms with Gasteiger partial charge in [-0.1, -0.05) is 12.1 Å². The zero-order valence-electron chi connectivity index (χ0n) is 14.2. The third-order valence-corrected chi connectivity index (χ3v) is 5.07. The lowest BCUT2D eigenvalue weighted by atomic mass is 10.1. The number of amides is 1. The number of aromatic nitrogens is 1. The molecule has 5 nitrogen and oxygen atoms in total. The van der Waals surface area contributed by atoms with Gasteiger partial charge in [0, 0.05) is 37.8 Å². The van der Waals surface area contributed by atoms with Gasteiger partial charge in [-0.25, -0.2) is 4.98 Å². The molecule has 2 heterocycles. The molecule has 1 aromatic heterocycles. The molecular formula is C18H23N3O2S. The number of carbonyl (C=O) groups excluding carboxylic acids is 1. The first-order chi connectivity index (χ1) is 11.6. The summed E-state index contributed by atoms with van der Waals surface area (Å²) in [4.78, 5) is 20.8. The Bertz CT molecular complexity index is 680. The first kappa shape index (κ1) is 16.8. The molecule has 0 spiro atoms. The fourth-order valence-electron chi connectivity index (χ4n) is 2.79. The number of anilines is 1. The largest absolute Gasteiger partial charge is 0.493 e. The zero-order chi connectivity index (χ0) is 16.9. The lowest BCUT2D eigenvalue weighted by molar-refractivity contribution is -0.132. The van der Waals surface area contributed by atoms with E-state index in [-0.39, 0.29) is 5.91 Å². The number of nitrogens with zero attached hydrogens (tertiary/aromatic N) is 3. The second-order valence-corrected chi connectivity index (χ2v) is 6.92. The quantitative estimate of drug-likeness (QED) is 0.836. The highest BCUT2D eigenvalue weighted by atomic mass is 32.1. The molecule has 0 aliphatic carbocycles. The fraction of sp³-hybridized carbons (Fsp3) is 0.444. The van der Waals surface area contributed by atoms with Crippen LogP contribution < -0.4 is 9.64 Å². The van der Waals surface area contributed by atoms with Gasteiger partial charge in [-0.3, -0.25) is 4.79 Å². The van der Waals surface area contributed by atoms with Crippen LogP contribution in [0.5, 0.6) is 5.75 Å². The van der Waals surface area contributed by atoms with Crippen LogP contribution in [-0.2, 0) is 4.79 Å². The molecular weight excluding hydrogens is 322 g/mol. The van der Waals surface area contributed by atoms with Gasteiger partial charge >= 0.3 is 0 Å². The molecule has 1 saturated heterocycles. The first-order valence-corrected chi connectivity index (χ1v) is 9.14. The zero-order valence-corrected chi connectivity index (χ0v) is 15.0. The normalized spacial score (nSPS) is 14.8. The van der Waals surface area contributed by atoms with Crippen molar-refractivity contribution in [3.8, 4) is 5.75 Å². The third-order valence-electron chi connectivity index (χ3n) is 4.24. The standard InChI is InChI=1S/C18H23N3O2S/c1-14-3-4-15(2)16(13-14)23-11-5-17(22)20-7-9-21(10-8-20)18-19-6-12-24-18/h3-4,6,12-13H,5,7-11H2,1-2H3. The van der Waals surface area contributed by atoms with Crippen LogP contribution in [0.3, 0.4) is 0 Å². The number of carbonyl (C=O) groups is 1. The second-order valence-electron chi connectivity index (χ2n) is 6.05. The number of rotatable bonds is 5. The van der Waals surface area contributed by atoms with E-state index in [4.69, 9.17) is 4.74 Å². The summed E-state index contributed by atoms with van der Waals surface area (Å²) in [6.45, 7) is 7.68. The molecule has 6 heteroatoms. The van der Waals surface area contributed by atoms with Crippen molar-refractivity contribution in [1.29, 1.82) is 0 Å². The Morgan fingerprint density at radius 2 is 2.04 bits per heavy atom. The first-order valence-electron chi connectivity index (χ1n) is 8.26. The van der Waals surface area contributed by atoms with E-state index < -0.39 is 0 Å². The Kier molecular flexibility index (Phi) is 5.35. The van der Waals surface area contributed by atoms with Crippen LogP contribution >= 0.6 is 11.3 Å². The van der Waals surface area contributed by atoms with Gasteiger partial charge in [-0.2, -0.15) is 0 Å². The average Bonchev–Trinajstić information content (AvgIpc) is 3.12. The fourth-order valence-corrected chi connectivity index (χ4v) is 3.49. The molecule has 0 saturated carbocycles. The summed E-state index contributed by atoms with van der Waals surface area (Å²) in [5, 5.41) is 3.03. The minimum atomic E-state index is 0.166. The molecule has 0 radical (unpaired) electrons. The van der Waals surface area contributed by atoms with Crippen LogP contribution in [0.1, 0.15) is 17.5 Å². The van der Waals surface area contributed by atoms with Gasteiger partial charge in [-0.15, -0.1) is 11.3 Å². The Morgan fingerprint density at radius 3 is 2.75 bits per heavy atom. The molecule has 1 aromatic carbocycles. The number of aryl methyl sites for hydroxylation is 2. The SMILES string of the molecule is Cc1ccc(C)c(OCCC(=O)N2CCN(c3nccs3)CC2)c1. The van der Waals surface area contributed by atoms with E-state index in [9.17, 15) is 4.79 Å². The van der Waals surface area contributed by atoms with Crippen LogP contribution in [0, 0.1) is 13.8 Å². The van der Waals surface area contributed by atoms with E-state index in [0.29, 0.717) is 13.0 Å². The number of hydrogen-bond donors (Lipinski definition) is 0. The number of ether oxygens (including phenoxy) is 1. The second kappa shape index (κ2) is 7.66. The predicted octanol–water partition coefficient (Wildman–Crippen LogP) is 2.88. The summed E-state index contributed by atoms with van der Waals surface area (Å²) >= 11 is 1.64. The molecule has 0 N–H and O–H groups in total. The van der Waals surface area contributed by atoms with Gasteiger partial charge in [-0.05, 0) is 31.0 Å². The summed E-state index contributed by atoms with van der Waals surface area (Å²) < 4.78 is 5.79. The average molecular weight is 345 g/mol. The molecule has 24 heavy (non-hydrogen) atoms.